The number of benzene rings is 1. The molecule has 1 aliphatic heterocycles. The second kappa shape index (κ2) is 7.20. The summed E-state index contributed by atoms with van der Waals surface area (Å²) in [7, 11) is 0. The number of ether oxygens (including phenoxy) is 1. The zero-order valence-corrected chi connectivity index (χ0v) is 14.1. The number of nitrogens with zero attached hydrogens (tertiary/aromatic N) is 1. The number of likely N-dealkylation sites (tertiary alicyclic amines) is 1. The van der Waals surface area contributed by atoms with Gasteiger partial charge in [-0.15, -0.1) is 0 Å². The number of rotatable bonds is 6. The summed E-state index contributed by atoms with van der Waals surface area (Å²) in [4.78, 5) is 2.43. The fraction of sp³-hybridized carbons (Fsp3) is 0.667. The standard InChI is InChI=1S/C18H26ClNO2/c1-13(12-20-9-2-3-10-20)18(21)14-7-8-17(16(19)11-14)22-15-5-4-6-15/h7-8,11,13,15,18,21H,2-6,9-10,12H2,1H3/t13-,18+/m1/s1. The Morgan fingerprint density at radius 2 is 2.00 bits per heavy atom. The SMILES string of the molecule is C[C@H](CN1CCCC1)[C@H](O)c1ccc(OC2CCC2)c(Cl)c1. The molecule has 0 radical (unpaired) electrons. The van der Waals surface area contributed by atoms with E-state index < -0.39 is 6.10 Å². The molecular formula is C18H26ClNO2. The lowest BCUT2D eigenvalue weighted by atomic mass is 9.95. The minimum atomic E-state index is -0.476. The Labute approximate surface area is 138 Å². The van der Waals surface area contributed by atoms with Crippen molar-refractivity contribution in [1.29, 1.82) is 0 Å². The first-order valence-electron chi connectivity index (χ1n) is 8.50. The van der Waals surface area contributed by atoms with Crippen LogP contribution in [0.2, 0.25) is 5.02 Å². The number of aliphatic hydroxyl groups excluding tert-OH is 1. The van der Waals surface area contributed by atoms with Crippen molar-refractivity contribution in [2.75, 3.05) is 19.6 Å². The van der Waals surface area contributed by atoms with E-state index in [4.69, 9.17) is 16.3 Å². The second-order valence-corrected chi connectivity index (χ2v) is 7.20. The van der Waals surface area contributed by atoms with Crippen LogP contribution in [0.4, 0.5) is 0 Å². The van der Waals surface area contributed by atoms with E-state index in [-0.39, 0.29) is 5.92 Å². The Morgan fingerprint density at radius 1 is 1.27 bits per heavy atom. The molecule has 22 heavy (non-hydrogen) atoms. The van der Waals surface area contributed by atoms with E-state index in [1.165, 1.54) is 19.3 Å². The van der Waals surface area contributed by atoms with Crippen molar-refractivity contribution in [3.05, 3.63) is 28.8 Å². The Bertz CT molecular complexity index is 498. The van der Waals surface area contributed by atoms with Crippen molar-refractivity contribution in [2.24, 2.45) is 5.92 Å². The van der Waals surface area contributed by atoms with Gasteiger partial charge in [0.15, 0.2) is 0 Å². The normalized spacial score (nSPS) is 22.3. The average Bonchev–Trinajstić information content (AvgIpc) is 2.96. The van der Waals surface area contributed by atoms with Crippen LogP contribution in [0.3, 0.4) is 0 Å². The molecule has 122 valence electrons. The maximum absolute atomic E-state index is 10.6. The Balaban J connectivity index is 1.61. The van der Waals surface area contributed by atoms with Gasteiger partial charge < -0.3 is 14.7 Å². The summed E-state index contributed by atoms with van der Waals surface area (Å²) in [5.74, 6) is 0.946. The highest BCUT2D eigenvalue weighted by molar-refractivity contribution is 6.32. The van der Waals surface area contributed by atoms with Crippen LogP contribution in [0.25, 0.3) is 0 Å². The fourth-order valence-corrected chi connectivity index (χ4v) is 3.50. The summed E-state index contributed by atoms with van der Waals surface area (Å²) < 4.78 is 5.86. The maximum atomic E-state index is 10.6. The zero-order valence-electron chi connectivity index (χ0n) is 13.3. The van der Waals surface area contributed by atoms with Gasteiger partial charge in [0.2, 0.25) is 0 Å². The lowest BCUT2D eigenvalue weighted by Crippen LogP contribution is -2.28. The zero-order chi connectivity index (χ0) is 15.5. The average molecular weight is 324 g/mol. The topological polar surface area (TPSA) is 32.7 Å². The Morgan fingerprint density at radius 3 is 2.59 bits per heavy atom. The predicted octanol–water partition coefficient (Wildman–Crippen LogP) is 4.04. The third kappa shape index (κ3) is 3.76. The lowest BCUT2D eigenvalue weighted by Gasteiger charge is -2.28. The van der Waals surface area contributed by atoms with E-state index in [1.807, 2.05) is 18.2 Å². The molecule has 1 aromatic carbocycles. The number of hydrogen-bond donors (Lipinski definition) is 1. The van der Waals surface area contributed by atoms with Gasteiger partial charge in [0.05, 0.1) is 17.2 Å². The van der Waals surface area contributed by atoms with Gasteiger partial charge in [-0.1, -0.05) is 24.6 Å². The molecule has 0 aromatic heterocycles. The quantitative estimate of drug-likeness (QED) is 0.857. The molecule has 1 heterocycles. The van der Waals surface area contributed by atoms with Crippen molar-refractivity contribution in [3.8, 4) is 5.75 Å². The van der Waals surface area contributed by atoms with E-state index >= 15 is 0 Å². The minimum absolute atomic E-state index is 0.201. The molecule has 1 saturated heterocycles. The highest BCUT2D eigenvalue weighted by Gasteiger charge is 2.23. The van der Waals surface area contributed by atoms with E-state index in [0.29, 0.717) is 11.1 Å². The van der Waals surface area contributed by atoms with Gasteiger partial charge in [0.25, 0.3) is 0 Å². The molecule has 1 aliphatic carbocycles. The van der Waals surface area contributed by atoms with E-state index in [1.54, 1.807) is 0 Å². The van der Waals surface area contributed by atoms with Gasteiger partial charge in [-0.05, 0) is 68.8 Å². The molecule has 3 rings (SSSR count). The van der Waals surface area contributed by atoms with Crippen LogP contribution in [-0.4, -0.2) is 35.7 Å². The summed E-state index contributed by atoms with van der Waals surface area (Å²) in [6.07, 6.45) is 5.89. The molecule has 1 aromatic rings. The highest BCUT2D eigenvalue weighted by Crippen LogP contribution is 2.34. The molecular weight excluding hydrogens is 298 g/mol. The van der Waals surface area contributed by atoms with Crippen molar-refractivity contribution in [3.63, 3.8) is 0 Å². The first-order valence-corrected chi connectivity index (χ1v) is 8.88. The third-order valence-corrected chi connectivity index (χ3v) is 5.22. The van der Waals surface area contributed by atoms with Gasteiger partial charge >= 0.3 is 0 Å². The molecule has 2 aliphatic rings. The van der Waals surface area contributed by atoms with E-state index in [2.05, 4.69) is 11.8 Å². The number of aliphatic hydroxyl groups is 1. The summed E-state index contributed by atoms with van der Waals surface area (Å²) in [5, 5.41) is 11.2. The van der Waals surface area contributed by atoms with Gasteiger partial charge in [-0.3, -0.25) is 0 Å². The minimum Gasteiger partial charge on any atom is -0.489 e. The summed E-state index contributed by atoms with van der Waals surface area (Å²) in [6, 6.07) is 5.72. The summed E-state index contributed by atoms with van der Waals surface area (Å²) in [6.45, 7) is 5.37. The second-order valence-electron chi connectivity index (χ2n) is 6.79. The maximum Gasteiger partial charge on any atom is 0.138 e. The third-order valence-electron chi connectivity index (χ3n) is 4.93. The lowest BCUT2D eigenvalue weighted by molar-refractivity contribution is 0.0942. The van der Waals surface area contributed by atoms with Crippen molar-refractivity contribution in [1.82, 2.24) is 4.90 Å². The van der Waals surface area contributed by atoms with Crippen LogP contribution in [0.15, 0.2) is 18.2 Å². The van der Waals surface area contributed by atoms with Crippen LogP contribution in [0.1, 0.15) is 50.7 Å². The van der Waals surface area contributed by atoms with Gasteiger partial charge in [-0.25, -0.2) is 0 Å². The first-order chi connectivity index (χ1) is 10.6. The summed E-state index contributed by atoms with van der Waals surface area (Å²) >= 11 is 6.33. The molecule has 0 spiro atoms. The molecule has 2 fully saturated rings. The molecule has 1 saturated carbocycles. The fourth-order valence-electron chi connectivity index (χ4n) is 3.27. The first kappa shape index (κ1) is 16.1. The van der Waals surface area contributed by atoms with Crippen molar-refractivity contribution in [2.45, 2.75) is 51.2 Å². The molecule has 0 unspecified atom stereocenters. The van der Waals surface area contributed by atoms with Crippen molar-refractivity contribution < 1.29 is 9.84 Å². The molecule has 1 N–H and O–H groups in total. The van der Waals surface area contributed by atoms with Crippen molar-refractivity contribution >= 4 is 11.6 Å². The van der Waals surface area contributed by atoms with Gasteiger partial charge in [-0.2, -0.15) is 0 Å². The predicted molar refractivity (Wildman–Crippen MR) is 89.5 cm³/mol. The smallest absolute Gasteiger partial charge is 0.138 e. The molecule has 4 heteroatoms. The van der Waals surface area contributed by atoms with Crippen LogP contribution in [0.5, 0.6) is 5.75 Å². The summed E-state index contributed by atoms with van der Waals surface area (Å²) in [5.41, 5.74) is 0.887. The van der Waals surface area contributed by atoms with E-state index in [9.17, 15) is 5.11 Å². The Hall–Kier alpha value is -0.770. The number of halogens is 1. The molecule has 0 bridgehead atoms. The monoisotopic (exact) mass is 323 g/mol. The molecule has 3 nitrogen and oxygen atoms in total. The van der Waals surface area contributed by atoms with Gasteiger partial charge in [0.1, 0.15) is 5.75 Å². The highest BCUT2D eigenvalue weighted by atomic mass is 35.5. The largest absolute Gasteiger partial charge is 0.489 e. The Kier molecular flexibility index (Phi) is 5.27. The van der Waals surface area contributed by atoms with E-state index in [0.717, 1.165) is 43.8 Å². The van der Waals surface area contributed by atoms with Gasteiger partial charge in [0, 0.05) is 6.54 Å². The van der Waals surface area contributed by atoms with Crippen LogP contribution in [0, 0.1) is 5.92 Å². The van der Waals surface area contributed by atoms with Crippen LogP contribution >= 0.6 is 11.6 Å². The van der Waals surface area contributed by atoms with Crippen LogP contribution < -0.4 is 4.74 Å². The molecule has 0 amide bonds. The number of hydrogen-bond acceptors (Lipinski definition) is 3. The molecule has 2 atom stereocenters. The van der Waals surface area contributed by atoms with Crippen LogP contribution in [-0.2, 0) is 0 Å².